The van der Waals surface area contributed by atoms with Gasteiger partial charge in [-0.25, -0.2) is 0 Å². The van der Waals surface area contributed by atoms with Crippen LogP contribution in [0.4, 0.5) is 5.69 Å². The molecular weight excluding hydrogens is 334 g/mol. The molecule has 8 nitrogen and oxygen atoms in total. The summed E-state index contributed by atoms with van der Waals surface area (Å²) >= 11 is 0. The maximum atomic E-state index is 12.3. The highest BCUT2D eigenvalue weighted by Crippen LogP contribution is 2.24. The van der Waals surface area contributed by atoms with Gasteiger partial charge in [0.05, 0.1) is 10.5 Å². The van der Waals surface area contributed by atoms with Crippen molar-refractivity contribution in [1.82, 2.24) is 15.1 Å². The van der Waals surface area contributed by atoms with E-state index in [-0.39, 0.29) is 24.0 Å². The molecule has 0 aliphatic rings. The molecule has 2 aromatic rings. The van der Waals surface area contributed by atoms with Gasteiger partial charge in [-0.3, -0.25) is 19.6 Å². The van der Waals surface area contributed by atoms with Gasteiger partial charge in [0, 0.05) is 43.0 Å². The fourth-order valence-corrected chi connectivity index (χ4v) is 2.01. The van der Waals surface area contributed by atoms with E-state index in [2.05, 4.69) is 10.4 Å². The van der Waals surface area contributed by atoms with Crippen LogP contribution in [0.25, 0.3) is 11.3 Å². The van der Waals surface area contributed by atoms with Crippen molar-refractivity contribution in [3.63, 3.8) is 0 Å². The van der Waals surface area contributed by atoms with Gasteiger partial charge >= 0.3 is 0 Å². The molecule has 0 saturated carbocycles. The Hall–Kier alpha value is -2.45. The van der Waals surface area contributed by atoms with Crippen LogP contribution in [0, 0.1) is 10.1 Å². The van der Waals surface area contributed by atoms with Crippen LogP contribution in [0.2, 0.25) is 0 Å². The molecule has 0 unspecified atom stereocenters. The second-order valence-electron chi connectivity index (χ2n) is 6.04. The number of amides is 1. The van der Waals surface area contributed by atoms with E-state index in [1.54, 1.807) is 25.4 Å². The number of nitro benzene ring substituents is 1. The number of nitrogens with one attached hydrogen (secondary N) is 1. The van der Waals surface area contributed by atoms with Gasteiger partial charge in [-0.2, -0.15) is 5.10 Å². The molecule has 9 heteroatoms. The Morgan fingerprint density at radius 3 is 2.46 bits per heavy atom. The van der Waals surface area contributed by atoms with Crippen molar-refractivity contribution in [2.24, 2.45) is 12.8 Å². The standard InChI is InChI=1S/C15H19N5O3.ClH/c1-15(2,16)9-17-14(21)12-8-19(3)18-13(12)10-4-6-11(7-5-10)20(22)23;/h4-8H,9,16H2,1-3H3,(H,17,21);1H. The van der Waals surface area contributed by atoms with Crippen LogP contribution in [0.15, 0.2) is 30.5 Å². The minimum absolute atomic E-state index is 0. The van der Waals surface area contributed by atoms with Crippen LogP contribution in [-0.4, -0.2) is 32.7 Å². The minimum atomic E-state index is -0.522. The molecule has 0 bridgehead atoms. The van der Waals surface area contributed by atoms with E-state index in [0.717, 1.165) is 0 Å². The second kappa shape index (κ2) is 7.41. The largest absolute Gasteiger partial charge is 0.350 e. The van der Waals surface area contributed by atoms with Gasteiger partial charge in [-0.1, -0.05) is 0 Å². The number of benzene rings is 1. The molecule has 130 valence electrons. The van der Waals surface area contributed by atoms with E-state index >= 15 is 0 Å². The number of nitro groups is 1. The SMILES string of the molecule is Cl.Cn1cc(C(=O)NCC(C)(C)N)c(-c2ccc([N+](=O)[O-])cc2)n1. The van der Waals surface area contributed by atoms with Gasteiger partial charge in [-0.15, -0.1) is 12.4 Å². The number of aryl methyl sites for hydroxylation is 1. The van der Waals surface area contributed by atoms with E-state index in [1.807, 2.05) is 13.8 Å². The van der Waals surface area contributed by atoms with Crippen LogP contribution in [-0.2, 0) is 7.05 Å². The molecule has 0 fully saturated rings. The molecular formula is C15H20ClN5O3. The molecule has 1 amide bonds. The smallest absolute Gasteiger partial charge is 0.269 e. The van der Waals surface area contributed by atoms with Crippen molar-refractivity contribution in [3.8, 4) is 11.3 Å². The van der Waals surface area contributed by atoms with Gasteiger partial charge in [0.2, 0.25) is 0 Å². The van der Waals surface area contributed by atoms with E-state index in [0.29, 0.717) is 23.4 Å². The Kier molecular flexibility index (Phi) is 6.05. The maximum absolute atomic E-state index is 12.3. The molecule has 2 rings (SSSR count). The first kappa shape index (κ1) is 19.6. The fraction of sp³-hybridized carbons (Fsp3) is 0.333. The van der Waals surface area contributed by atoms with Crippen LogP contribution in [0.3, 0.4) is 0 Å². The minimum Gasteiger partial charge on any atom is -0.350 e. The highest BCUT2D eigenvalue weighted by Gasteiger charge is 2.20. The molecule has 0 radical (unpaired) electrons. The quantitative estimate of drug-likeness (QED) is 0.628. The number of rotatable bonds is 5. The summed E-state index contributed by atoms with van der Waals surface area (Å²) in [6.07, 6.45) is 1.61. The lowest BCUT2D eigenvalue weighted by molar-refractivity contribution is -0.384. The highest BCUT2D eigenvalue weighted by atomic mass is 35.5. The average Bonchev–Trinajstić information content (AvgIpc) is 2.86. The van der Waals surface area contributed by atoms with Crippen LogP contribution in [0.5, 0.6) is 0 Å². The van der Waals surface area contributed by atoms with Crippen molar-refractivity contribution >= 4 is 24.0 Å². The number of hydrogen-bond donors (Lipinski definition) is 2. The summed E-state index contributed by atoms with van der Waals surface area (Å²) in [5, 5.41) is 17.8. The second-order valence-corrected chi connectivity index (χ2v) is 6.04. The van der Waals surface area contributed by atoms with Gasteiger partial charge in [0.25, 0.3) is 11.6 Å². The maximum Gasteiger partial charge on any atom is 0.269 e. The van der Waals surface area contributed by atoms with Gasteiger partial charge in [0.15, 0.2) is 0 Å². The number of aromatic nitrogens is 2. The predicted octanol–water partition coefficient (Wildman–Crippen LogP) is 1.88. The zero-order valence-electron chi connectivity index (χ0n) is 13.6. The van der Waals surface area contributed by atoms with Crippen molar-refractivity contribution in [2.45, 2.75) is 19.4 Å². The lowest BCUT2D eigenvalue weighted by atomic mass is 10.1. The molecule has 0 aliphatic heterocycles. The summed E-state index contributed by atoms with van der Waals surface area (Å²) in [5.74, 6) is -0.287. The summed E-state index contributed by atoms with van der Waals surface area (Å²) in [5.41, 5.74) is 6.82. The van der Waals surface area contributed by atoms with Crippen LogP contribution in [0.1, 0.15) is 24.2 Å². The van der Waals surface area contributed by atoms with Gasteiger partial charge < -0.3 is 11.1 Å². The van der Waals surface area contributed by atoms with E-state index in [4.69, 9.17) is 5.73 Å². The Balaban J connectivity index is 0.00000288. The third kappa shape index (κ3) is 4.77. The third-order valence-corrected chi connectivity index (χ3v) is 3.13. The summed E-state index contributed by atoms with van der Waals surface area (Å²) in [4.78, 5) is 22.6. The molecule has 1 heterocycles. The molecule has 0 atom stereocenters. The average molecular weight is 354 g/mol. The van der Waals surface area contributed by atoms with Crippen molar-refractivity contribution in [2.75, 3.05) is 6.54 Å². The lowest BCUT2D eigenvalue weighted by Gasteiger charge is -2.18. The fourth-order valence-electron chi connectivity index (χ4n) is 2.01. The van der Waals surface area contributed by atoms with Crippen LogP contribution < -0.4 is 11.1 Å². The topological polar surface area (TPSA) is 116 Å². The van der Waals surface area contributed by atoms with Crippen molar-refractivity contribution < 1.29 is 9.72 Å². The summed E-state index contributed by atoms with van der Waals surface area (Å²) < 4.78 is 1.53. The first-order chi connectivity index (χ1) is 10.7. The number of carbonyl (C=O) groups is 1. The molecule has 0 spiro atoms. The highest BCUT2D eigenvalue weighted by molar-refractivity contribution is 5.99. The van der Waals surface area contributed by atoms with Crippen molar-refractivity contribution in [1.29, 1.82) is 0 Å². The Morgan fingerprint density at radius 2 is 1.96 bits per heavy atom. The Bertz CT molecular complexity index is 735. The predicted molar refractivity (Wildman–Crippen MR) is 93.1 cm³/mol. The van der Waals surface area contributed by atoms with Crippen molar-refractivity contribution in [3.05, 3.63) is 46.1 Å². The summed E-state index contributed by atoms with van der Waals surface area (Å²) in [7, 11) is 1.71. The number of halogens is 1. The van der Waals surface area contributed by atoms with E-state index < -0.39 is 10.5 Å². The molecule has 0 saturated heterocycles. The summed E-state index contributed by atoms with van der Waals surface area (Å²) in [6.45, 7) is 3.95. The summed E-state index contributed by atoms with van der Waals surface area (Å²) in [6, 6.07) is 5.91. The van der Waals surface area contributed by atoms with Gasteiger partial charge in [0.1, 0.15) is 5.69 Å². The molecule has 24 heavy (non-hydrogen) atoms. The van der Waals surface area contributed by atoms with E-state index in [1.165, 1.54) is 16.8 Å². The zero-order chi connectivity index (χ0) is 17.2. The normalized spacial score (nSPS) is 10.8. The number of hydrogen-bond acceptors (Lipinski definition) is 5. The van der Waals surface area contributed by atoms with E-state index in [9.17, 15) is 14.9 Å². The first-order valence-corrected chi connectivity index (χ1v) is 7.03. The van der Waals surface area contributed by atoms with Gasteiger partial charge in [-0.05, 0) is 26.0 Å². The third-order valence-electron chi connectivity index (χ3n) is 3.13. The zero-order valence-corrected chi connectivity index (χ0v) is 14.5. The molecule has 3 N–H and O–H groups in total. The molecule has 1 aromatic carbocycles. The Labute approximate surface area is 145 Å². The first-order valence-electron chi connectivity index (χ1n) is 7.03. The number of non-ortho nitro benzene ring substituents is 1. The molecule has 0 aliphatic carbocycles. The number of nitrogens with two attached hydrogens (primary N) is 1. The number of nitrogens with zero attached hydrogens (tertiary/aromatic N) is 3. The monoisotopic (exact) mass is 353 g/mol. The van der Waals surface area contributed by atoms with Crippen LogP contribution >= 0.6 is 12.4 Å². The number of carbonyl (C=O) groups excluding carboxylic acids is 1. The Morgan fingerprint density at radius 1 is 1.38 bits per heavy atom. The molecule has 1 aromatic heterocycles. The lowest BCUT2D eigenvalue weighted by Crippen LogP contribution is -2.45.